The Morgan fingerprint density at radius 1 is 0.700 bits per heavy atom. The molecule has 0 aliphatic carbocycles. The first kappa shape index (κ1) is 14.3. The highest BCUT2D eigenvalue weighted by atomic mass is 16.3. The van der Waals surface area contributed by atoms with E-state index in [0.717, 1.165) is 0 Å². The van der Waals surface area contributed by atoms with Crippen LogP contribution in [0.2, 0.25) is 0 Å². The predicted octanol–water partition coefficient (Wildman–Crippen LogP) is 2.70. The van der Waals surface area contributed by atoms with Gasteiger partial charge in [0.2, 0.25) is 0 Å². The van der Waals surface area contributed by atoms with Crippen molar-refractivity contribution in [2.75, 3.05) is 0 Å². The van der Waals surface area contributed by atoms with Crippen molar-refractivity contribution in [3.8, 4) is 11.8 Å². The molecule has 0 bridgehead atoms. The molecule has 0 amide bonds. The Hall–Kier alpha value is -2.08. The largest absolute Gasteiger partial charge is 0.378 e. The number of rotatable bonds is 2. The maximum absolute atomic E-state index is 11.0. The fourth-order valence-electron chi connectivity index (χ4n) is 1.91. The molecular weight excluding hydrogens is 248 g/mol. The summed E-state index contributed by atoms with van der Waals surface area (Å²) < 4.78 is 0. The molecule has 20 heavy (non-hydrogen) atoms. The Morgan fingerprint density at radius 2 is 1.10 bits per heavy atom. The second-order valence-electron chi connectivity index (χ2n) is 5.25. The molecule has 0 fully saturated rings. The van der Waals surface area contributed by atoms with E-state index in [1.807, 2.05) is 60.7 Å². The van der Waals surface area contributed by atoms with Crippen molar-refractivity contribution in [3.05, 3.63) is 71.8 Å². The van der Waals surface area contributed by atoms with E-state index in [1.54, 1.807) is 13.8 Å². The van der Waals surface area contributed by atoms with Crippen LogP contribution in [0, 0.1) is 11.8 Å². The molecule has 0 spiro atoms. The van der Waals surface area contributed by atoms with Crippen molar-refractivity contribution in [1.29, 1.82) is 0 Å². The molecule has 0 aliphatic rings. The molecule has 0 aliphatic heterocycles. The number of aliphatic hydroxyl groups is 2. The van der Waals surface area contributed by atoms with Crippen LogP contribution in [0.1, 0.15) is 25.0 Å². The van der Waals surface area contributed by atoms with Crippen LogP contribution < -0.4 is 0 Å². The first-order chi connectivity index (χ1) is 9.42. The lowest BCUT2D eigenvalue weighted by Gasteiger charge is -2.24. The molecule has 2 heteroatoms. The number of hydrogen-bond acceptors (Lipinski definition) is 2. The third kappa shape index (κ3) is 3.27. The molecule has 2 nitrogen and oxygen atoms in total. The summed E-state index contributed by atoms with van der Waals surface area (Å²) in [5, 5.41) is 20.8. The summed E-state index contributed by atoms with van der Waals surface area (Å²) >= 11 is 0. The van der Waals surface area contributed by atoms with Gasteiger partial charge in [0.25, 0.3) is 0 Å². The predicted molar refractivity (Wildman–Crippen MR) is 80.0 cm³/mol. The van der Waals surface area contributed by atoms with Crippen LogP contribution in [0.3, 0.4) is 0 Å². The quantitative estimate of drug-likeness (QED) is 0.820. The zero-order chi connectivity index (χ0) is 14.6. The molecule has 0 aromatic heterocycles. The van der Waals surface area contributed by atoms with Crippen LogP contribution in [0.25, 0.3) is 0 Å². The third-order valence-electron chi connectivity index (χ3n) is 2.93. The van der Waals surface area contributed by atoms with Gasteiger partial charge < -0.3 is 10.2 Å². The Kier molecular flexibility index (Phi) is 3.94. The molecule has 0 saturated heterocycles. The molecule has 0 saturated carbocycles. The van der Waals surface area contributed by atoms with Crippen molar-refractivity contribution < 1.29 is 10.2 Å². The van der Waals surface area contributed by atoms with Crippen molar-refractivity contribution >= 4 is 0 Å². The molecule has 2 rings (SSSR count). The second kappa shape index (κ2) is 5.50. The molecule has 0 heterocycles. The van der Waals surface area contributed by atoms with Crippen LogP contribution in [-0.2, 0) is 5.60 Å². The van der Waals surface area contributed by atoms with E-state index < -0.39 is 11.2 Å². The first-order valence-corrected chi connectivity index (χ1v) is 6.52. The zero-order valence-corrected chi connectivity index (χ0v) is 11.7. The Labute approximate surface area is 119 Å². The lowest BCUT2D eigenvalue weighted by atomic mass is 9.86. The molecule has 0 radical (unpaired) electrons. The van der Waals surface area contributed by atoms with E-state index in [4.69, 9.17) is 0 Å². The summed E-state index contributed by atoms with van der Waals surface area (Å²) in [5.41, 5.74) is -1.22. The van der Waals surface area contributed by atoms with Crippen LogP contribution in [0.5, 0.6) is 0 Å². The van der Waals surface area contributed by atoms with E-state index in [0.29, 0.717) is 11.1 Å². The summed E-state index contributed by atoms with van der Waals surface area (Å²) in [5.74, 6) is 5.54. The number of benzene rings is 2. The normalized spacial score (nSPS) is 11.6. The van der Waals surface area contributed by atoms with Crippen molar-refractivity contribution in [2.45, 2.75) is 25.0 Å². The van der Waals surface area contributed by atoms with Crippen LogP contribution in [0.4, 0.5) is 0 Å². The van der Waals surface area contributed by atoms with Crippen molar-refractivity contribution in [3.63, 3.8) is 0 Å². The summed E-state index contributed by atoms with van der Waals surface area (Å²) in [6.07, 6.45) is 0. The second-order valence-corrected chi connectivity index (χ2v) is 5.25. The highest BCUT2D eigenvalue weighted by Crippen LogP contribution is 2.29. The van der Waals surface area contributed by atoms with Gasteiger partial charge in [-0.1, -0.05) is 72.5 Å². The minimum atomic E-state index is -1.43. The van der Waals surface area contributed by atoms with Gasteiger partial charge >= 0.3 is 0 Å². The molecule has 2 aromatic rings. The maximum Gasteiger partial charge on any atom is 0.176 e. The first-order valence-electron chi connectivity index (χ1n) is 6.52. The Balaban J connectivity index is 2.58. The summed E-state index contributed by atoms with van der Waals surface area (Å²) in [6, 6.07) is 18.5. The monoisotopic (exact) mass is 266 g/mol. The topological polar surface area (TPSA) is 40.5 Å². The van der Waals surface area contributed by atoms with E-state index in [2.05, 4.69) is 11.8 Å². The summed E-state index contributed by atoms with van der Waals surface area (Å²) in [4.78, 5) is 0. The van der Waals surface area contributed by atoms with E-state index >= 15 is 0 Å². The van der Waals surface area contributed by atoms with Crippen LogP contribution in [-0.4, -0.2) is 15.8 Å². The van der Waals surface area contributed by atoms with Crippen molar-refractivity contribution in [2.24, 2.45) is 0 Å². The number of hydrogen-bond donors (Lipinski definition) is 2. The van der Waals surface area contributed by atoms with E-state index in [9.17, 15) is 10.2 Å². The fourth-order valence-corrected chi connectivity index (χ4v) is 1.91. The maximum atomic E-state index is 11.0. The minimum Gasteiger partial charge on any atom is -0.378 e. The van der Waals surface area contributed by atoms with Crippen LogP contribution >= 0.6 is 0 Å². The van der Waals surface area contributed by atoms with Gasteiger partial charge in [0.1, 0.15) is 5.60 Å². The van der Waals surface area contributed by atoms with E-state index in [-0.39, 0.29) is 0 Å². The van der Waals surface area contributed by atoms with Gasteiger partial charge in [-0.25, -0.2) is 0 Å². The van der Waals surface area contributed by atoms with Gasteiger partial charge in [0.15, 0.2) is 5.60 Å². The third-order valence-corrected chi connectivity index (χ3v) is 2.93. The molecule has 102 valence electrons. The molecule has 0 unspecified atom stereocenters. The molecular formula is C18H18O2. The van der Waals surface area contributed by atoms with E-state index in [1.165, 1.54) is 0 Å². The Morgan fingerprint density at radius 3 is 1.45 bits per heavy atom. The smallest absolute Gasteiger partial charge is 0.176 e. The van der Waals surface area contributed by atoms with Gasteiger partial charge in [-0.15, -0.1) is 0 Å². The van der Waals surface area contributed by atoms with Gasteiger partial charge in [-0.2, -0.15) is 0 Å². The summed E-state index contributed by atoms with van der Waals surface area (Å²) in [6.45, 7) is 3.19. The lowest BCUT2D eigenvalue weighted by molar-refractivity contribution is 0.132. The molecule has 0 atom stereocenters. The van der Waals surface area contributed by atoms with Crippen molar-refractivity contribution in [1.82, 2.24) is 0 Å². The molecule has 2 aromatic carbocycles. The van der Waals surface area contributed by atoms with Gasteiger partial charge in [0.05, 0.1) is 0 Å². The minimum absolute atomic E-state index is 0.683. The SMILES string of the molecule is CC(C)(O)C#CC(O)(c1ccccc1)c1ccccc1. The Bertz CT molecular complexity index is 574. The highest BCUT2D eigenvalue weighted by molar-refractivity contribution is 5.44. The average molecular weight is 266 g/mol. The average Bonchev–Trinajstić information content (AvgIpc) is 2.46. The lowest BCUT2D eigenvalue weighted by Crippen LogP contribution is -2.27. The summed E-state index contributed by atoms with van der Waals surface area (Å²) in [7, 11) is 0. The standard InChI is InChI=1S/C18H18O2/c1-17(2,19)13-14-18(20,15-9-5-3-6-10-15)16-11-7-4-8-12-16/h3-12,19-20H,1-2H3. The highest BCUT2D eigenvalue weighted by Gasteiger charge is 2.29. The van der Waals surface area contributed by atoms with Gasteiger partial charge in [-0.05, 0) is 13.8 Å². The zero-order valence-electron chi connectivity index (χ0n) is 11.7. The van der Waals surface area contributed by atoms with Gasteiger partial charge in [0, 0.05) is 11.1 Å². The fraction of sp³-hybridized carbons (Fsp3) is 0.222. The molecule has 2 N–H and O–H groups in total. The van der Waals surface area contributed by atoms with Gasteiger partial charge in [-0.3, -0.25) is 0 Å². The van der Waals surface area contributed by atoms with Crippen LogP contribution in [0.15, 0.2) is 60.7 Å².